The van der Waals surface area contributed by atoms with Gasteiger partial charge in [-0.25, -0.2) is 0 Å². The van der Waals surface area contributed by atoms with Crippen LogP contribution in [0.3, 0.4) is 0 Å². The lowest BCUT2D eigenvalue weighted by Gasteiger charge is -2.42. The number of piperidine rings is 1. The van der Waals surface area contributed by atoms with Gasteiger partial charge in [-0.3, -0.25) is 14.4 Å². The van der Waals surface area contributed by atoms with Crippen LogP contribution in [0.15, 0.2) is 24.3 Å². The monoisotopic (exact) mass is 400 g/mol. The van der Waals surface area contributed by atoms with Crippen molar-refractivity contribution >= 4 is 17.7 Å². The average Bonchev–Trinajstić information content (AvgIpc) is 2.75. The maximum atomic E-state index is 12.8. The smallest absolute Gasteiger partial charge is 0.251 e. The summed E-state index contributed by atoms with van der Waals surface area (Å²) in [7, 11) is 0. The number of piperazine rings is 1. The molecule has 7 nitrogen and oxygen atoms in total. The molecule has 2 aliphatic heterocycles. The molecule has 0 unspecified atom stereocenters. The highest BCUT2D eigenvalue weighted by molar-refractivity contribution is 5.95. The minimum Gasteiger partial charge on any atom is -0.351 e. The van der Waals surface area contributed by atoms with E-state index in [1.807, 2.05) is 12.1 Å². The Balaban J connectivity index is 1.54. The van der Waals surface area contributed by atoms with Gasteiger partial charge in [-0.15, -0.1) is 0 Å². The van der Waals surface area contributed by atoms with E-state index in [-0.39, 0.29) is 30.3 Å². The van der Waals surface area contributed by atoms with Gasteiger partial charge in [0.05, 0.1) is 0 Å². The molecule has 158 valence electrons. The van der Waals surface area contributed by atoms with Gasteiger partial charge in [0.2, 0.25) is 11.8 Å². The zero-order chi connectivity index (χ0) is 20.8. The molecule has 0 bridgehead atoms. The first kappa shape index (κ1) is 21.3. The number of carbonyl (C=O) groups excluding carboxylic acids is 3. The van der Waals surface area contributed by atoms with Crippen molar-refractivity contribution in [1.29, 1.82) is 0 Å². The predicted molar refractivity (Wildman–Crippen MR) is 111 cm³/mol. The zero-order valence-corrected chi connectivity index (χ0v) is 17.5. The number of nitrogens with one attached hydrogen (secondary N) is 1. The molecule has 0 saturated carbocycles. The quantitative estimate of drug-likeness (QED) is 0.717. The minimum absolute atomic E-state index is 0.0403. The summed E-state index contributed by atoms with van der Waals surface area (Å²) < 4.78 is 0. The SMILES string of the molecule is CCN(CC)CCNC(=O)c1ccc(CN2CC(=O)N3CCCC[C@H]3C2=O)cc1. The van der Waals surface area contributed by atoms with Gasteiger partial charge in [-0.1, -0.05) is 26.0 Å². The molecule has 0 spiro atoms. The van der Waals surface area contributed by atoms with E-state index in [0.29, 0.717) is 25.2 Å². The molecule has 29 heavy (non-hydrogen) atoms. The third-order valence-electron chi connectivity index (χ3n) is 5.94. The van der Waals surface area contributed by atoms with E-state index in [4.69, 9.17) is 0 Å². The molecule has 2 aliphatic rings. The van der Waals surface area contributed by atoms with Gasteiger partial charge in [0, 0.05) is 31.7 Å². The minimum atomic E-state index is -0.291. The van der Waals surface area contributed by atoms with Gasteiger partial charge in [-0.05, 0) is 50.0 Å². The largest absolute Gasteiger partial charge is 0.351 e. The number of hydrogen-bond acceptors (Lipinski definition) is 4. The van der Waals surface area contributed by atoms with E-state index in [2.05, 4.69) is 24.1 Å². The molecular weight excluding hydrogens is 368 g/mol. The van der Waals surface area contributed by atoms with Gasteiger partial charge in [0.25, 0.3) is 5.91 Å². The van der Waals surface area contributed by atoms with E-state index >= 15 is 0 Å². The second-order valence-corrected chi connectivity index (χ2v) is 7.77. The zero-order valence-electron chi connectivity index (χ0n) is 17.5. The molecule has 3 rings (SSSR count). The first-order valence-corrected chi connectivity index (χ1v) is 10.7. The van der Waals surface area contributed by atoms with Crippen LogP contribution in [0.5, 0.6) is 0 Å². The fourth-order valence-corrected chi connectivity index (χ4v) is 4.11. The van der Waals surface area contributed by atoms with Gasteiger partial charge in [0.1, 0.15) is 12.6 Å². The summed E-state index contributed by atoms with van der Waals surface area (Å²) in [5.41, 5.74) is 1.53. The number of fused-ring (bicyclic) bond motifs is 1. The second-order valence-electron chi connectivity index (χ2n) is 7.77. The topological polar surface area (TPSA) is 73.0 Å². The lowest BCUT2D eigenvalue weighted by Crippen LogP contribution is -2.60. The molecule has 0 aromatic heterocycles. The molecule has 2 heterocycles. The van der Waals surface area contributed by atoms with E-state index in [0.717, 1.165) is 44.5 Å². The summed E-state index contributed by atoms with van der Waals surface area (Å²) in [6, 6.07) is 7.01. The Morgan fingerprint density at radius 1 is 1.14 bits per heavy atom. The fourth-order valence-electron chi connectivity index (χ4n) is 4.11. The Kier molecular flexibility index (Phi) is 7.25. The molecule has 7 heteroatoms. The number of benzene rings is 1. The molecule has 2 saturated heterocycles. The standard InChI is InChI=1S/C22H32N4O3/c1-3-24(4-2)14-12-23-21(28)18-10-8-17(9-11-18)15-25-16-20(27)26-13-6-5-7-19(26)22(25)29/h8-11,19H,3-7,12-16H2,1-2H3,(H,23,28)/t19-/m0/s1. The Bertz CT molecular complexity index is 730. The average molecular weight is 401 g/mol. The van der Waals surface area contributed by atoms with E-state index in [1.54, 1.807) is 21.9 Å². The molecular formula is C22H32N4O3. The maximum Gasteiger partial charge on any atom is 0.251 e. The van der Waals surface area contributed by atoms with Crippen LogP contribution < -0.4 is 5.32 Å². The van der Waals surface area contributed by atoms with Crippen LogP contribution in [0.25, 0.3) is 0 Å². The first-order chi connectivity index (χ1) is 14.0. The summed E-state index contributed by atoms with van der Waals surface area (Å²) >= 11 is 0. The molecule has 1 aromatic rings. The van der Waals surface area contributed by atoms with Gasteiger partial charge in [-0.2, -0.15) is 0 Å². The summed E-state index contributed by atoms with van der Waals surface area (Å²) in [4.78, 5) is 43.1. The maximum absolute atomic E-state index is 12.8. The summed E-state index contributed by atoms with van der Waals surface area (Å²) in [6.07, 6.45) is 2.73. The highest BCUT2D eigenvalue weighted by Crippen LogP contribution is 2.24. The van der Waals surface area contributed by atoms with Gasteiger partial charge >= 0.3 is 0 Å². The summed E-state index contributed by atoms with van der Waals surface area (Å²) in [6.45, 7) is 8.84. The van der Waals surface area contributed by atoms with Crippen molar-refractivity contribution in [1.82, 2.24) is 20.0 Å². The van der Waals surface area contributed by atoms with Crippen molar-refractivity contribution in [3.63, 3.8) is 0 Å². The van der Waals surface area contributed by atoms with Crippen LogP contribution in [0.4, 0.5) is 0 Å². The van der Waals surface area contributed by atoms with E-state index in [9.17, 15) is 14.4 Å². The van der Waals surface area contributed by atoms with Crippen molar-refractivity contribution < 1.29 is 14.4 Å². The molecule has 3 amide bonds. The van der Waals surface area contributed by atoms with Crippen LogP contribution in [0.1, 0.15) is 49.0 Å². The van der Waals surface area contributed by atoms with Crippen molar-refractivity contribution in [3.05, 3.63) is 35.4 Å². The van der Waals surface area contributed by atoms with E-state index < -0.39 is 0 Å². The number of rotatable bonds is 8. The lowest BCUT2D eigenvalue weighted by molar-refractivity contribution is -0.158. The van der Waals surface area contributed by atoms with Crippen LogP contribution >= 0.6 is 0 Å². The van der Waals surface area contributed by atoms with Crippen LogP contribution in [0.2, 0.25) is 0 Å². The van der Waals surface area contributed by atoms with Gasteiger partial charge < -0.3 is 20.0 Å². The normalized spacial score (nSPS) is 19.5. The van der Waals surface area contributed by atoms with E-state index in [1.165, 1.54) is 0 Å². The Labute approximate surface area is 173 Å². The van der Waals surface area contributed by atoms with Crippen LogP contribution in [0, 0.1) is 0 Å². The predicted octanol–water partition coefficient (Wildman–Crippen LogP) is 1.48. The number of likely N-dealkylation sites (N-methyl/N-ethyl adjacent to an activating group) is 1. The van der Waals surface area contributed by atoms with Crippen LogP contribution in [-0.2, 0) is 16.1 Å². The van der Waals surface area contributed by atoms with Crippen molar-refractivity contribution in [2.75, 3.05) is 39.3 Å². The molecule has 1 N–H and O–H groups in total. The lowest BCUT2D eigenvalue weighted by atomic mass is 9.98. The highest BCUT2D eigenvalue weighted by atomic mass is 16.2. The second kappa shape index (κ2) is 9.87. The number of hydrogen-bond donors (Lipinski definition) is 1. The molecule has 2 fully saturated rings. The number of amides is 3. The summed E-state index contributed by atoms with van der Waals surface area (Å²) in [5.74, 6) is -0.00759. The molecule has 1 aromatic carbocycles. The third-order valence-corrected chi connectivity index (χ3v) is 5.94. The Morgan fingerprint density at radius 3 is 2.55 bits per heavy atom. The molecule has 0 radical (unpaired) electrons. The third kappa shape index (κ3) is 5.15. The summed E-state index contributed by atoms with van der Waals surface area (Å²) in [5, 5.41) is 2.95. The highest BCUT2D eigenvalue weighted by Gasteiger charge is 2.40. The number of nitrogens with zero attached hydrogens (tertiary/aromatic N) is 3. The first-order valence-electron chi connectivity index (χ1n) is 10.7. The van der Waals surface area contributed by atoms with Crippen molar-refractivity contribution in [2.24, 2.45) is 0 Å². The number of carbonyl (C=O) groups is 3. The van der Waals surface area contributed by atoms with Crippen molar-refractivity contribution in [3.8, 4) is 0 Å². The molecule has 1 atom stereocenters. The van der Waals surface area contributed by atoms with Crippen LogP contribution in [-0.4, -0.2) is 77.7 Å². The molecule has 0 aliphatic carbocycles. The van der Waals surface area contributed by atoms with Gasteiger partial charge in [0.15, 0.2) is 0 Å². The Morgan fingerprint density at radius 2 is 1.86 bits per heavy atom. The fraction of sp³-hybridized carbons (Fsp3) is 0.591. The Hall–Kier alpha value is -2.41. The van der Waals surface area contributed by atoms with Crippen molar-refractivity contribution in [2.45, 2.75) is 45.7 Å².